The first kappa shape index (κ1) is 6.71. The Morgan fingerprint density at radius 2 is 2.33 bits per heavy atom. The molecule has 0 aromatic heterocycles. The molecule has 1 fully saturated rings. The molecule has 3 nitrogen and oxygen atoms in total. The van der Waals surface area contributed by atoms with E-state index in [1.807, 2.05) is 0 Å². The van der Waals surface area contributed by atoms with E-state index in [1.54, 1.807) is 13.8 Å². The SMILES string of the molecule is CC1(C)OC[C@@H](C=O)O1. The Morgan fingerprint density at radius 3 is 2.56 bits per heavy atom. The van der Waals surface area contributed by atoms with Crippen molar-refractivity contribution in [2.45, 2.75) is 25.7 Å². The molecule has 1 saturated heterocycles. The molecular weight excluding hydrogens is 120 g/mol. The lowest BCUT2D eigenvalue weighted by Gasteiger charge is -2.14. The summed E-state index contributed by atoms with van der Waals surface area (Å²) in [6.07, 6.45) is 0.398. The molecule has 0 amide bonds. The normalized spacial score (nSPS) is 32.4. The fourth-order valence-electron chi connectivity index (χ4n) is 0.782. The summed E-state index contributed by atoms with van der Waals surface area (Å²) < 4.78 is 10.2. The Morgan fingerprint density at radius 1 is 1.67 bits per heavy atom. The van der Waals surface area contributed by atoms with Crippen LogP contribution in [0.2, 0.25) is 0 Å². The number of rotatable bonds is 1. The lowest BCUT2D eigenvalue weighted by Crippen LogP contribution is -2.21. The second-order valence-corrected chi connectivity index (χ2v) is 2.50. The Labute approximate surface area is 53.9 Å². The highest BCUT2D eigenvalue weighted by Gasteiger charge is 2.31. The number of hydrogen-bond acceptors (Lipinski definition) is 3. The van der Waals surface area contributed by atoms with Gasteiger partial charge in [0.15, 0.2) is 12.1 Å². The molecule has 9 heavy (non-hydrogen) atoms. The van der Waals surface area contributed by atoms with Crippen LogP contribution in [-0.2, 0) is 14.3 Å². The second kappa shape index (κ2) is 2.08. The number of aldehydes is 1. The van der Waals surface area contributed by atoms with Gasteiger partial charge >= 0.3 is 0 Å². The molecule has 0 aliphatic carbocycles. The maximum Gasteiger partial charge on any atom is 0.163 e. The number of ether oxygens (including phenoxy) is 2. The topological polar surface area (TPSA) is 35.5 Å². The van der Waals surface area contributed by atoms with E-state index < -0.39 is 5.79 Å². The van der Waals surface area contributed by atoms with Crippen molar-refractivity contribution >= 4 is 6.29 Å². The smallest absolute Gasteiger partial charge is 0.163 e. The van der Waals surface area contributed by atoms with Crippen molar-refractivity contribution in [3.8, 4) is 0 Å². The molecular formula is C6H10O3. The predicted octanol–water partition coefficient (Wildman–Crippen LogP) is 0.337. The van der Waals surface area contributed by atoms with E-state index in [1.165, 1.54) is 0 Å². The molecule has 1 heterocycles. The first-order chi connectivity index (χ1) is 4.14. The maximum absolute atomic E-state index is 10.1. The average Bonchev–Trinajstić information content (AvgIpc) is 2.10. The van der Waals surface area contributed by atoms with Crippen molar-refractivity contribution in [1.82, 2.24) is 0 Å². The number of carbonyl (C=O) groups is 1. The minimum absolute atomic E-state index is 0.361. The van der Waals surface area contributed by atoms with Crippen LogP contribution in [0.5, 0.6) is 0 Å². The minimum atomic E-state index is -0.564. The summed E-state index contributed by atoms with van der Waals surface area (Å²) in [5.74, 6) is -0.564. The lowest BCUT2D eigenvalue weighted by atomic mass is 10.4. The monoisotopic (exact) mass is 130 g/mol. The van der Waals surface area contributed by atoms with Crippen molar-refractivity contribution < 1.29 is 14.3 Å². The van der Waals surface area contributed by atoms with E-state index in [9.17, 15) is 4.79 Å². The zero-order valence-corrected chi connectivity index (χ0v) is 5.59. The van der Waals surface area contributed by atoms with Crippen LogP contribution in [0.3, 0.4) is 0 Å². The first-order valence-electron chi connectivity index (χ1n) is 2.91. The third kappa shape index (κ3) is 1.50. The van der Waals surface area contributed by atoms with Gasteiger partial charge in [-0.05, 0) is 13.8 Å². The number of carbonyl (C=O) groups excluding carboxylic acids is 1. The van der Waals surface area contributed by atoms with E-state index in [-0.39, 0.29) is 6.10 Å². The van der Waals surface area contributed by atoms with E-state index in [2.05, 4.69) is 0 Å². The lowest BCUT2D eigenvalue weighted by molar-refractivity contribution is -0.145. The Hall–Kier alpha value is -0.410. The summed E-state index contributed by atoms with van der Waals surface area (Å²) in [7, 11) is 0. The summed E-state index contributed by atoms with van der Waals surface area (Å²) in [6, 6.07) is 0. The van der Waals surface area contributed by atoms with Gasteiger partial charge in [0, 0.05) is 0 Å². The van der Waals surface area contributed by atoms with Gasteiger partial charge in [-0.1, -0.05) is 0 Å². The van der Waals surface area contributed by atoms with Gasteiger partial charge in [0.25, 0.3) is 0 Å². The molecule has 0 aromatic carbocycles. The molecule has 1 atom stereocenters. The van der Waals surface area contributed by atoms with Crippen LogP contribution in [0.4, 0.5) is 0 Å². The van der Waals surface area contributed by atoms with Crippen molar-refractivity contribution in [1.29, 1.82) is 0 Å². The molecule has 3 heteroatoms. The minimum Gasteiger partial charge on any atom is -0.347 e. The van der Waals surface area contributed by atoms with Crippen molar-refractivity contribution in [2.75, 3.05) is 6.61 Å². The third-order valence-corrected chi connectivity index (χ3v) is 1.18. The predicted molar refractivity (Wildman–Crippen MR) is 31.0 cm³/mol. The van der Waals surface area contributed by atoms with E-state index >= 15 is 0 Å². The molecule has 1 aliphatic heterocycles. The van der Waals surface area contributed by atoms with Gasteiger partial charge in [-0.2, -0.15) is 0 Å². The molecule has 0 saturated carbocycles. The molecule has 0 unspecified atom stereocenters. The average molecular weight is 130 g/mol. The quantitative estimate of drug-likeness (QED) is 0.480. The van der Waals surface area contributed by atoms with Gasteiger partial charge in [-0.25, -0.2) is 0 Å². The third-order valence-electron chi connectivity index (χ3n) is 1.18. The van der Waals surface area contributed by atoms with Crippen LogP contribution in [0.15, 0.2) is 0 Å². The van der Waals surface area contributed by atoms with Crippen LogP contribution >= 0.6 is 0 Å². The molecule has 1 rings (SSSR count). The zero-order chi connectivity index (χ0) is 6.91. The van der Waals surface area contributed by atoms with Crippen molar-refractivity contribution in [3.05, 3.63) is 0 Å². The highest BCUT2D eigenvalue weighted by Crippen LogP contribution is 2.20. The van der Waals surface area contributed by atoms with E-state index in [0.717, 1.165) is 6.29 Å². The largest absolute Gasteiger partial charge is 0.347 e. The van der Waals surface area contributed by atoms with Gasteiger partial charge in [0.1, 0.15) is 6.10 Å². The van der Waals surface area contributed by atoms with Gasteiger partial charge in [-0.15, -0.1) is 0 Å². The number of hydrogen-bond donors (Lipinski definition) is 0. The summed E-state index contributed by atoms with van der Waals surface area (Å²) in [5, 5.41) is 0. The molecule has 0 radical (unpaired) electrons. The standard InChI is InChI=1S/C6H10O3/c1-6(2)8-4-5(3-7)9-6/h3,5H,4H2,1-2H3/t5-/m1/s1. The molecule has 52 valence electrons. The van der Waals surface area contributed by atoms with E-state index in [0.29, 0.717) is 6.61 Å². The fraction of sp³-hybridized carbons (Fsp3) is 0.833. The molecule has 1 aliphatic rings. The van der Waals surface area contributed by atoms with E-state index in [4.69, 9.17) is 9.47 Å². The summed E-state index contributed by atoms with van der Waals surface area (Å²) in [5.41, 5.74) is 0. The van der Waals surface area contributed by atoms with Crippen molar-refractivity contribution in [2.24, 2.45) is 0 Å². The van der Waals surface area contributed by atoms with Crippen LogP contribution in [-0.4, -0.2) is 24.8 Å². The van der Waals surface area contributed by atoms with Crippen molar-refractivity contribution in [3.63, 3.8) is 0 Å². The fourth-order valence-corrected chi connectivity index (χ4v) is 0.782. The van der Waals surface area contributed by atoms with Gasteiger partial charge in [-0.3, -0.25) is 0 Å². The molecule has 0 bridgehead atoms. The second-order valence-electron chi connectivity index (χ2n) is 2.50. The Bertz CT molecular complexity index is 119. The highest BCUT2D eigenvalue weighted by molar-refractivity contribution is 5.56. The Balaban J connectivity index is 2.47. The first-order valence-corrected chi connectivity index (χ1v) is 2.91. The van der Waals surface area contributed by atoms with Crippen LogP contribution < -0.4 is 0 Å². The maximum atomic E-state index is 10.1. The zero-order valence-electron chi connectivity index (χ0n) is 5.59. The van der Waals surface area contributed by atoms with Gasteiger partial charge in [0.05, 0.1) is 6.61 Å². The molecule has 0 spiro atoms. The van der Waals surface area contributed by atoms with Crippen LogP contribution in [0, 0.1) is 0 Å². The summed E-state index contributed by atoms with van der Waals surface area (Å²) in [6.45, 7) is 3.96. The summed E-state index contributed by atoms with van der Waals surface area (Å²) >= 11 is 0. The Kier molecular flexibility index (Phi) is 1.55. The van der Waals surface area contributed by atoms with Crippen LogP contribution in [0.1, 0.15) is 13.8 Å². The van der Waals surface area contributed by atoms with Gasteiger partial charge < -0.3 is 14.3 Å². The van der Waals surface area contributed by atoms with Gasteiger partial charge in [0.2, 0.25) is 0 Å². The molecule has 0 N–H and O–H groups in total. The highest BCUT2D eigenvalue weighted by atomic mass is 16.7. The molecule has 0 aromatic rings. The van der Waals surface area contributed by atoms with Crippen LogP contribution in [0.25, 0.3) is 0 Å². The summed E-state index contributed by atoms with van der Waals surface area (Å²) in [4.78, 5) is 10.1.